The standard InChI is InChI=1S/C15H29N3O.2ClH/c1-17-8-4-5-12(10-17)11-18(2)15(19)9-13-6-3-7-14(13)16;;/h12-14H,3-11,16H2,1-2H3;2*1H/t12?,13-,14+;;/m0../s1. The SMILES string of the molecule is CN1CCCC(CN(C)C(=O)C[C@@H]2CCC[C@H]2N)C1.Cl.Cl. The number of rotatable bonds is 4. The highest BCUT2D eigenvalue weighted by atomic mass is 35.5. The quantitative estimate of drug-likeness (QED) is 0.853. The van der Waals surface area contributed by atoms with Crippen molar-refractivity contribution in [2.45, 2.75) is 44.6 Å². The van der Waals surface area contributed by atoms with E-state index in [4.69, 9.17) is 5.73 Å². The van der Waals surface area contributed by atoms with E-state index < -0.39 is 0 Å². The Kier molecular flexibility index (Phi) is 9.87. The van der Waals surface area contributed by atoms with Crippen LogP contribution < -0.4 is 5.73 Å². The van der Waals surface area contributed by atoms with E-state index in [0.717, 1.165) is 25.9 Å². The van der Waals surface area contributed by atoms with Crippen molar-refractivity contribution in [3.05, 3.63) is 0 Å². The fourth-order valence-electron chi connectivity index (χ4n) is 3.61. The van der Waals surface area contributed by atoms with E-state index >= 15 is 0 Å². The lowest BCUT2D eigenvalue weighted by Gasteiger charge is -2.32. The van der Waals surface area contributed by atoms with Crippen molar-refractivity contribution >= 4 is 30.7 Å². The van der Waals surface area contributed by atoms with Gasteiger partial charge in [0.2, 0.25) is 5.91 Å². The molecule has 0 radical (unpaired) electrons. The second-order valence-corrected chi connectivity index (χ2v) is 6.60. The Hall–Kier alpha value is -0.0300. The largest absolute Gasteiger partial charge is 0.345 e. The monoisotopic (exact) mass is 339 g/mol. The number of carbonyl (C=O) groups excluding carboxylic acids is 1. The molecular weight excluding hydrogens is 309 g/mol. The van der Waals surface area contributed by atoms with E-state index in [9.17, 15) is 4.79 Å². The maximum absolute atomic E-state index is 12.3. The molecule has 1 amide bonds. The summed E-state index contributed by atoms with van der Waals surface area (Å²) in [6.45, 7) is 3.23. The number of nitrogens with zero attached hydrogens (tertiary/aromatic N) is 2. The number of amides is 1. The van der Waals surface area contributed by atoms with Crippen molar-refractivity contribution in [1.82, 2.24) is 9.80 Å². The average Bonchev–Trinajstić information content (AvgIpc) is 2.75. The Morgan fingerprint density at radius 2 is 1.95 bits per heavy atom. The molecule has 126 valence electrons. The summed E-state index contributed by atoms with van der Waals surface area (Å²) in [5, 5.41) is 0. The zero-order chi connectivity index (χ0) is 13.8. The lowest BCUT2D eigenvalue weighted by Crippen LogP contribution is -2.41. The molecule has 0 bridgehead atoms. The second kappa shape index (κ2) is 9.88. The van der Waals surface area contributed by atoms with Crippen LogP contribution in [0.2, 0.25) is 0 Å². The Balaban J connectivity index is 0.00000200. The lowest BCUT2D eigenvalue weighted by molar-refractivity contribution is -0.131. The minimum Gasteiger partial charge on any atom is -0.345 e. The van der Waals surface area contributed by atoms with Crippen molar-refractivity contribution in [3.63, 3.8) is 0 Å². The summed E-state index contributed by atoms with van der Waals surface area (Å²) in [4.78, 5) is 16.6. The first-order valence-corrected chi connectivity index (χ1v) is 7.74. The summed E-state index contributed by atoms with van der Waals surface area (Å²) in [6.07, 6.45) is 6.58. The van der Waals surface area contributed by atoms with Crippen molar-refractivity contribution < 1.29 is 4.79 Å². The van der Waals surface area contributed by atoms with Gasteiger partial charge < -0.3 is 15.5 Å². The first-order valence-electron chi connectivity index (χ1n) is 7.74. The summed E-state index contributed by atoms with van der Waals surface area (Å²) >= 11 is 0. The summed E-state index contributed by atoms with van der Waals surface area (Å²) in [5.74, 6) is 1.35. The maximum Gasteiger partial charge on any atom is 0.222 e. The van der Waals surface area contributed by atoms with Crippen molar-refractivity contribution in [2.24, 2.45) is 17.6 Å². The van der Waals surface area contributed by atoms with Gasteiger partial charge in [0, 0.05) is 32.6 Å². The second-order valence-electron chi connectivity index (χ2n) is 6.60. The van der Waals surface area contributed by atoms with Crippen LogP contribution in [0.4, 0.5) is 0 Å². The molecule has 1 saturated heterocycles. The normalized spacial score (nSPS) is 29.4. The number of hydrogen-bond donors (Lipinski definition) is 1. The molecule has 0 aromatic carbocycles. The van der Waals surface area contributed by atoms with Crippen molar-refractivity contribution in [3.8, 4) is 0 Å². The maximum atomic E-state index is 12.3. The third kappa shape index (κ3) is 6.31. The molecule has 4 nitrogen and oxygen atoms in total. The molecule has 21 heavy (non-hydrogen) atoms. The molecule has 0 aromatic heterocycles. The van der Waals surface area contributed by atoms with Gasteiger partial charge in [0.25, 0.3) is 0 Å². The minimum absolute atomic E-state index is 0. The van der Waals surface area contributed by atoms with Gasteiger partial charge in [-0.25, -0.2) is 0 Å². The van der Waals surface area contributed by atoms with Crippen LogP contribution in [-0.2, 0) is 4.79 Å². The van der Waals surface area contributed by atoms with Crippen LogP contribution in [-0.4, -0.2) is 55.5 Å². The van der Waals surface area contributed by atoms with Gasteiger partial charge in [-0.2, -0.15) is 0 Å². The lowest BCUT2D eigenvalue weighted by atomic mass is 9.96. The first-order chi connectivity index (χ1) is 9.06. The first kappa shape index (κ1) is 21.0. The Bertz CT molecular complexity index is 317. The minimum atomic E-state index is 0. The molecular formula is C15H31Cl2N3O. The van der Waals surface area contributed by atoms with E-state index in [0.29, 0.717) is 18.3 Å². The van der Waals surface area contributed by atoms with Gasteiger partial charge in [-0.15, -0.1) is 24.8 Å². The molecule has 0 aromatic rings. The van der Waals surface area contributed by atoms with Crippen LogP contribution in [0.3, 0.4) is 0 Å². The highest BCUT2D eigenvalue weighted by Crippen LogP contribution is 2.27. The molecule has 2 rings (SSSR count). The number of piperidine rings is 1. The number of halogens is 2. The topological polar surface area (TPSA) is 49.6 Å². The Morgan fingerprint density at radius 1 is 1.24 bits per heavy atom. The molecule has 0 spiro atoms. The van der Waals surface area contributed by atoms with Gasteiger partial charge in [0.1, 0.15) is 0 Å². The number of carbonyl (C=O) groups is 1. The predicted octanol–water partition coefficient (Wildman–Crippen LogP) is 2.15. The number of likely N-dealkylation sites (tertiary alicyclic amines) is 1. The van der Waals surface area contributed by atoms with Crippen molar-refractivity contribution in [2.75, 3.05) is 33.7 Å². The van der Waals surface area contributed by atoms with Crippen LogP contribution in [0.25, 0.3) is 0 Å². The molecule has 2 fully saturated rings. The molecule has 1 aliphatic carbocycles. The molecule has 1 heterocycles. The third-order valence-electron chi connectivity index (χ3n) is 4.83. The van der Waals surface area contributed by atoms with Gasteiger partial charge >= 0.3 is 0 Å². The fourth-order valence-corrected chi connectivity index (χ4v) is 3.61. The van der Waals surface area contributed by atoms with E-state index in [1.54, 1.807) is 0 Å². The molecule has 2 N–H and O–H groups in total. The van der Waals surface area contributed by atoms with Gasteiger partial charge in [-0.3, -0.25) is 4.79 Å². The number of nitrogens with two attached hydrogens (primary N) is 1. The summed E-state index contributed by atoms with van der Waals surface area (Å²) in [7, 11) is 4.13. The highest BCUT2D eigenvalue weighted by Gasteiger charge is 2.28. The average molecular weight is 340 g/mol. The Labute approximate surface area is 141 Å². The van der Waals surface area contributed by atoms with Crippen LogP contribution in [0.5, 0.6) is 0 Å². The third-order valence-corrected chi connectivity index (χ3v) is 4.83. The van der Waals surface area contributed by atoms with E-state index in [1.165, 1.54) is 25.8 Å². The van der Waals surface area contributed by atoms with Crippen molar-refractivity contribution in [1.29, 1.82) is 0 Å². The molecule has 1 aliphatic heterocycles. The smallest absolute Gasteiger partial charge is 0.222 e. The molecule has 2 aliphatic rings. The summed E-state index contributed by atoms with van der Waals surface area (Å²) < 4.78 is 0. The highest BCUT2D eigenvalue weighted by molar-refractivity contribution is 5.85. The zero-order valence-corrected chi connectivity index (χ0v) is 14.9. The van der Waals surface area contributed by atoms with Gasteiger partial charge in [0.15, 0.2) is 0 Å². The molecule has 1 unspecified atom stereocenters. The van der Waals surface area contributed by atoms with E-state index in [1.807, 2.05) is 11.9 Å². The van der Waals surface area contributed by atoms with Crippen LogP contribution in [0.1, 0.15) is 38.5 Å². The molecule has 6 heteroatoms. The van der Waals surface area contributed by atoms with E-state index in [2.05, 4.69) is 11.9 Å². The van der Waals surface area contributed by atoms with E-state index in [-0.39, 0.29) is 36.8 Å². The van der Waals surface area contributed by atoms with Gasteiger partial charge in [-0.05, 0) is 51.1 Å². The Morgan fingerprint density at radius 3 is 2.52 bits per heavy atom. The summed E-state index contributed by atoms with van der Waals surface area (Å²) in [6, 6.07) is 0.248. The fraction of sp³-hybridized carbons (Fsp3) is 0.933. The van der Waals surface area contributed by atoms with Crippen LogP contribution >= 0.6 is 24.8 Å². The van der Waals surface area contributed by atoms with Crippen LogP contribution in [0.15, 0.2) is 0 Å². The molecule has 3 atom stereocenters. The van der Waals surface area contributed by atoms with Gasteiger partial charge in [-0.1, -0.05) is 6.42 Å². The zero-order valence-electron chi connectivity index (χ0n) is 13.3. The van der Waals surface area contributed by atoms with Gasteiger partial charge in [0.05, 0.1) is 0 Å². The van der Waals surface area contributed by atoms with Crippen LogP contribution in [0, 0.1) is 11.8 Å². The molecule has 1 saturated carbocycles. The number of hydrogen-bond acceptors (Lipinski definition) is 3. The summed E-state index contributed by atoms with van der Waals surface area (Å²) in [5.41, 5.74) is 6.05. The predicted molar refractivity (Wildman–Crippen MR) is 92.3 cm³/mol.